The number of nitrogens with zero attached hydrogens (tertiary/aromatic N) is 4. The largest absolute Gasteiger partial charge is 0.234 e. The van der Waals surface area contributed by atoms with Crippen LogP contribution in [-0.2, 0) is 6.42 Å². The number of fused-ring (bicyclic) bond motifs is 1. The van der Waals surface area contributed by atoms with Crippen molar-refractivity contribution in [3.8, 4) is 0 Å². The Hall–Kier alpha value is -0.970. The SMILES string of the molecule is CCc1nn2c(C)nnc2s1. The topological polar surface area (TPSA) is 43.1 Å². The van der Waals surface area contributed by atoms with Crippen LogP contribution in [0.15, 0.2) is 0 Å². The lowest BCUT2D eigenvalue weighted by Gasteiger charge is -1.82. The zero-order valence-electron chi connectivity index (χ0n) is 6.40. The summed E-state index contributed by atoms with van der Waals surface area (Å²) in [6.07, 6.45) is 0.966. The van der Waals surface area contributed by atoms with Crippen molar-refractivity contribution in [2.24, 2.45) is 0 Å². The lowest BCUT2D eigenvalue weighted by molar-refractivity contribution is 0.857. The molecule has 0 saturated heterocycles. The van der Waals surface area contributed by atoms with Crippen LogP contribution in [0.25, 0.3) is 4.96 Å². The van der Waals surface area contributed by atoms with E-state index in [4.69, 9.17) is 0 Å². The first-order valence-electron chi connectivity index (χ1n) is 3.49. The van der Waals surface area contributed by atoms with E-state index in [1.807, 2.05) is 6.92 Å². The predicted molar refractivity (Wildman–Crippen MR) is 42.8 cm³/mol. The molecule has 0 aromatic carbocycles. The Morgan fingerprint density at radius 2 is 2.27 bits per heavy atom. The second-order valence-corrected chi connectivity index (χ2v) is 3.33. The average Bonchev–Trinajstić information content (AvgIpc) is 2.53. The third kappa shape index (κ3) is 0.920. The Labute approximate surface area is 67.9 Å². The molecule has 2 aromatic heterocycles. The molecule has 0 atom stereocenters. The fourth-order valence-electron chi connectivity index (χ4n) is 0.897. The second kappa shape index (κ2) is 2.27. The van der Waals surface area contributed by atoms with Crippen molar-refractivity contribution in [1.29, 1.82) is 0 Å². The maximum atomic E-state index is 4.30. The van der Waals surface area contributed by atoms with E-state index >= 15 is 0 Å². The van der Waals surface area contributed by atoms with Crippen molar-refractivity contribution in [2.45, 2.75) is 20.3 Å². The van der Waals surface area contributed by atoms with Crippen LogP contribution in [0.4, 0.5) is 0 Å². The molecule has 0 N–H and O–H groups in total. The van der Waals surface area contributed by atoms with Crippen molar-refractivity contribution in [3.63, 3.8) is 0 Å². The zero-order chi connectivity index (χ0) is 7.84. The van der Waals surface area contributed by atoms with Crippen LogP contribution < -0.4 is 0 Å². The molecular weight excluding hydrogens is 160 g/mol. The van der Waals surface area contributed by atoms with E-state index in [1.54, 1.807) is 15.9 Å². The molecule has 0 aliphatic rings. The molecule has 0 fully saturated rings. The molecule has 0 unspecified atom stereocenters. The van der Waals surface area contributed by atoms with E-state index in [1.165, 1.54) is 0 Å². The summed E-state index contributed by atoms with van der Waals surface area (Å²) in [5.41, 5.74) is 0. The van der Waals surface area contributed by atoms with E-state index < -0.39 is 0 Å². The monoisotopic (exact) mass is 168 g/mol. The fourth-order valence-corrected chi connectivity index (χ4v) is 1.72. The summed E-state index contributed by atoms with van der Waals surface area (Å²) in [6, 6.07) is 0. The number of rotatable bonds is 1. The summed E-state index contributed by atoms with van der Waals surface area (Å²) >= 11 is 1.60. The maximum Gasteiger partial charge on any atom is 0.234 e. The Bertz CT molecular complexity index is 375. The van der Waals surface area contributed by atoms with Crippen LogP contribution in [0.2, 0.25) is 0 Å². The van der Waals surface area contributed by atoms with Gasteiger partial charge in [0.25, 0.3) is 0 Å². The highest BCUT2D eigenvalue weighted by molar-refractivity contribution is 7.16. The molecule has 2 aromatic rings. The van der Waals surface area contributed by atoms with Gasteiger partial charge in [-0.3, -0.25) is 0 Å². The minimum atomic E-state index is 0.857. The molecule has 4 nitrogen and oxygen atoms in total. The molecule has 5 heteroatoms. The predicted octanol–water partition coefficient (Wildman–Crippen LogP) is 1.06. The van der Waals surface area contributed by atoms with Crippen LogP contribution >= 0.6 is 11.3 Å². The van der Waals surface area contributed by atoms with Crippen molar-refractivity contribution in [3.05, 3.63) is 10.8 Å². The number of aromatic nitrogens is 4. The van der Waals surface area contributed by atoms with Crippen LogP contribution in [0.1, 0.15) is 17.8 Å². The van der Waals surface area contributed by atoms with Crippen molar-refractivity contribution in [1.82, 2.24) is 19.8 Å². The number of hydrogen-bond donors (Lipinski definition) is 0. The van der Waals surface area contributed by atoms with Gasteiger partial charge in [0.05, 0.1) is 0 Å². The normalized spacial score (nSPS) is 11.1. The summed E-state index contributed by atoms with van der Waals surface area (Å²) in [4.78, 5) is 0.888. The molecule has 11 heavy (non-hydrogen) atoms. The van der Waals surface area contributed by atoms with Crippen LogP contribution in [0.3, 0.4) is 0 Å². The summed E-state index contributed by atoms with van der Waals surface area (Å²) in [5, 5.41) is 13.3. The second-order valence-electron chi connectivity index (χ2n) is 2.29. The van der Waals surface area contributed by atoms with Gasteiger partial charge >= 0.3 is 0 Å². The summed E-state index contributed by atoms with van der Waals surface area (Å²) < 4.78 is 1.78. The fraction of sp³-hybridized carbons (Fsp3) is 0.500. The van der Waals surface area contributed by atoms with Gasteiger partial charge in [-0.2, -0.15) is 9.61 Å². The number of hydrogen-bond acceptors (Lipinski definition) is 4. The molecule has 0 amide bonds. The first-order valence-corrected chi connectivity index (χ1v) is 4.30. The number of aryl methyl sites for hydroxylation is 2. The maximum absolute atomic E-state index is 4.30. The first kappa shape index (κ1) is 6.72. The Balaban J connectivity index is 2.70. The standard InChI is InChI=1S/C6H8N4S/c1-3-5-9-10-4(2)7-8-6(10)11-5/h3H2,1-2H3. The van der Waals surface area contributed by atoms with Gasteiger partial charge in [0.15, 0.2) is 5.82 Å². The quantitative estimate of drug-likeness (QED) is 0.639. The van der Waals surface area contributed by atoms with Gasteiger partial charge in [-0.15, -0.1) is 10.2 Å². The third-order valence-corrected chi connectivity index (χ3v) is 2.53. The van der Waals surface area contributed by atoms with Crippen LogP contribution in [0, 0.1) is 6.92 Å². The van der Waals surface area contributed by atoms with Gasteiger partial charge in [0, 0.05) is 0 Å². The highest BCUT2D eigenvalue weighted by atomic mass is 32.1. The van der Waals surface area contributed by atoms with Gasteiger partial charge < -0.3 is 0 Å². The highest BCUT2D eigenvalue weighted by Gasteiger charge is 2.05. The Morgan fingerprint density at radius 1 is 1.45 bits per heavy atom. The van der Waals surface area contributed by atoms with Crippen molar-refractivity contribution >= 4 is 16.3 Å². The van der Waals surface area contributed by atoms with Gasteiger partial charge in [-0.1, -0.05) is 18.3 Å². The van der Waals surface area contributed by atoms with Crippen molar-refractivity contribution in [2.75, 3.05) is 0 Å². The van der Waals surface area contributed by atoms with E-state index in [9.17, 15) is 0 Å². The molecule has 0 aliphatic carbocycles. The van der Waals surface area contributed by atoms with Gasteiger partial charge in [-0.25, -0.2) is 0 Å². The molecule has 0 spiro atoms. The molecular formula is C6H8N4S. The zero-order valence-corrected chi connectivity index (χ0v) is 7.22. The average molecular weight is 168 g/mol. The lowest BCUT2D eigenvalue weighted by atomic mass is 10.5. The first-order chi connectivity index (χ1) is 5.31. The lowest BCUT2D eigenvalue weighted by Crippen LogP contribution is -1.89. The van der Waals surface area contributed by atoms with E-state index in [0.29, 0.717) is 0 Å². The van der Waals surface area contributed by atoms with E-state index in [2.05, 4.69) is 22.2 Å². The van der Waals surface area contributed by atoms with Gasteiger partial charge in [-0.05, 0) is 13.3 Å². The van der Waals surface area contributed by atoms with Crippen LogP contribution in [0.5, 0.6) is 0 Å². The molecule has 58 valence electrons. The Morgan fingerprint density at radius 3 is 2.91 bits per heavy atom. The van der Waals surface area contributed by atoms with Gasteiger partial charge in [0.1, 0.15) is 5.01 Å². The minimum Gasteiger partial charge on any atom is -0.188 e. The smallest absolute Gasteiger partial charge is 0.188 e. The van der Waals surface area contributed by atoms with Crippen molar-refractivity contribution < 1.29 is 0 Å². The molecule has 0 radical (unpaired) electrons. The summed E-state index contributed by atoms with van der Waals surface area (Å²) in [6.45, 7) is 3.99. The van der Waals surface area contributed by atoms with Gasteiger partial charge in [0.2, 0.25) is 4.96 Å². The molecule has 0 bridgehead atoms. The third-order valence-electron chi connectivity index (χ3n) is 1.49. The van der Waals surface area contributed by atoms with Crippen LogP contribution in [-0.4, -0.2) is 19.8 Å². The summed E-state index contributed by atoms with van der Waals surface area (Å²) in [7, 11) is 0. The minimum absolute atomic E-state index is 0.857. The molecule has 0 aliphatic heterocycles. The molecule has 2 heterocycles. The molecule has 0 saturated carbocycles. The highest BCUT2D eigenvalue weighted by Crippen LogP contribution is 2.13. The summed E-state index contributed by atoms with van der Waals surface area (Å²) in [5.74, 6) is 0.857. The Kier molecular flexibility index (Phi) is 1.38. The molecule has 2 rings (SSSR count). The van der Waals surface area contributed by atoms with E-state index in [0.717, 1.165) is 22.2 Å². The van der Waals surface area contributed by atoms with E-state index in [-0.39, 0.29) is 0 Å².